The van der Waals surface area contributed by atoms with Gasteiger partial charge in [-0.3, -0.25) is 0 Å². The molecule has 0 bridgehead atoms. The molecule has 72 valence electrons. The van der Waals surface area contributed by atoms with Gasteiger partial charge in [0, 0.05) is 0 Å². The Hall–Kier alpha value is -1.91. The fourth-order valence-corrected chi connectivity index (χ4v) is 1.36. The smallest absolute Gasteiger partial charge is 0.337 e. The fourth-order valence-electron chi connectivity index (χ4n) is 1.36. The van der Waals surface area contributed by atoms with Crippen molar-refractivity contribution in [2.24, 2.45) is 0 Å². The molecular formula is C9H7FN2O2. The number of rotatable bonds is 1. The quantitative estimate of drug-likeness (QED) is 0.726. The third-order valence-corrected chi connectivity index (χ3v) is 1.94. The van der Waals surface area contributed by atoms with Crippen molar-refractivity contribution in [3.8, 4) is 0 Å². The molecule has 0 radical (unpaired) electrons. The average molecular weight is 194 g/mol. The largest absolute Gasteiger partial charge is 0.478 e. The molecule has 2 N–H and O–H groups in total. The van der Waals surface area contributed by atoms with Crippen molar-refractivity contribution in [3.63, 3.8) is 0 Å². The lowest BCUT2D eigenvalue weighted by molar-refractivity contribution is 0.0699. The number of aromatic carboxylic acids is 1. The number of hydrogen-bond acceptors (Lipinski definition) is 2. The van der Waals surface area contributed by atoms with Crippen LogP contribution in [0.3, 0.4) is 0 Å². The molecule has 4 nitrogen and oxygen atoms in total. The predicted molar refractivity (Wildman–Crippen MR) is 47.7 cm³/mol. The molecule has 14 heavy (non-hydrogen) atoms. The van der Waals surface area contributed by atoms with Gasteiger partial charge in [-0.25, -0.2) is 14.2 Å². The first-order chi connectivity index (χ1) is 6.59. The maximum atomic E-state index is 13.2. The summed E-state index contributed by atoms with van der Waals surface area (Å²) in [4.78, 5) is 17.3. The summed E-state index contributed by atoms with van der Waals surface area (Å²) in [6.07, 6.45) is 0. The van der Waals surface area contributed by atoms with Crippen LogP contribution in [0.1, 0.15) is 16.2 Å². The fraction of sp³-hybridized carbons (Fsp3) is 0.111. The second-order valence-corrected chi connectivity index (χ2v) is 2.95. The Balaban J connectivity index is 2.87. The molecule has 1 aromatic heterocycles. The number of hydrogen-bond donors (Lipinski definition) is 2. The van der Waals surface area contributed by atoms with E-state index in [2.05, 4.69) is 9.97 Å². The zero-order chi connectivity index (χ0) is 10.3. The van der Waals surface area contributed by atoms with E-state index in [4.69, 9.17) is 5.11 Å². The number of aryl methyl sites for hydroxylation is 1. The number of aromatic nitrogens is 2. The van der Waals surface area contributed by atoms with Crippen LogP contribution in [0.2, 0.25) is 0 Å². The van der Waals surface area contributed by atoms with Crippen LogP contribution in [-0.4, -0.2) is 21.0 Å². The number of nitrogens with zero attached hydrogens (tertiary/aromatic N) is 1. The Bertz CT molecular complexity index is 519. The summed E-state index contributed by atoms with van der Waals surface area (Å²) in [5.74, 6) is -1.12. The summed E-state index contributed by atoms with van der Waals surface area (Å²) in [6.45, 7) is 1.64. The summed E-state index contributed by atoms with van der Waals surface area (Å²) < 4.78 is 13.2. The first-order valence-corrected chi connectivity index (χ1v) is 3.97. The van der Waals surface area contributed by atoms with Gasteiger partial charge in [0.2, 0.25) is 0 Å². The molecule has 0 atom stereocenters. The number of benzene rings is 1. The Kier molecular flexibility index (Phi) is 1.73. The summed E-state index contributed by atoms with van der Waals surface area (Å²) >= 11 is 0. The van der Waals surface area contributed by atoms with Crippen molar-refractivity contribution in [3.05, 3.63) is 29.3 Å². The molecule has 1 aromatic carbocycles. The molecule has 2 aromatic rings. The summed E-state index contributed by atoms with van der Waals surface area (Å²) in [5.41, 5.74) is 0.333. The highest BCUT2D eigenvalue weighted by molar-refractivity contribution is 6.01. The van der Waals surface area contributed by atoms with Crippen LogP contribution in [0.15, 0.2) is 12.1 Å². The summed E-state index contributed by atoms with van der Waals surface area (Å²) in [7, 11) is 0. The van der Waals surface area contributed by atoms with E-state index < -0.39 is 11.8 Å². The molecule has 0 spiro atoms. The Morgan fingerprint density at radius 1 is 1.57 bits per heavy atom. The maximum absolute atomic E-state index is 13.2. The monoisotopic (exact) mass is 194 g/mol. The van der Waals surface area contributed by atoms with Crippen molar-refractivity contribution in [2.75, 3.05) is 0 Å². The number of fused-ring (bicyclic) bond motifs is 1. The Labute approximate surface area is 78.4 Å². The number of aromatic amines is 1. The molecule has 0 saturated carbocycles. The zero-order valence-corrected chi connectivity index (χ0v) is 7.34. The molecule has 0 fully saturated rings. The molecule has 2 rings (SSSR count). The minimum Gasteiger partial charge on any atom is -0.478 e. The third kappa shape index (κ3) is 1.14. The van der Waals surface area contributed by atoms with E-state index in [9.17, 15) is 9.18 Å². The van der Waals surface area contributed by atoms with Crippen molar-refractivity contribution < 1.29 is 14.3 Å². The van der Waals surface area contributed by atoms with Crippen LogP contribution in [-0.2, 0) is 0 Å². The molecule has 1 heterocycles. The molecule has 0 unspecified atom stereocenters. The molecular weight excluding hydrogens is 187 g/mol. The highest BCUT2D eigenvalue weighted by Gasteiger charge is 2.14. The molecule has 0 amide bonds. The van der Waals surface area contributed by atoms with Crippen LogP contribution in [0.5, 0.6) is 0 Å². The second-order valence-electron chi connectivity index (χ2n) is 2.95. The van der Waals surface area contributed by atoms with Crippen LogP contribution in [0.25, 0.3) is 11.0 Å². The van der Waals surface area contributed by atoms with E-state index in [-0.39, 0.29) is 16.6 Å². The number of carboxylic acids is 1. The SMILES string of the molecule is Cc1nc2c(F)ccc(C(=O)O)c2[nH]1. The van der Waals surface area contributed by atoms with E-state index >= 15 is 0 Å². The summed E-state index contributed by atoms with van der Waals surface area (Å²) in [6, 6.07) is 2.32. The van der Waals surface area contributed by atoms with Gasteiger partial charge in [-0.1, -0.05) is 0 Å². The van der Waals surface area contributed by atoms with E-state index in [1.807, 2.05) is 0 Å². The summed E-state index contributed by atoms with van der Waals surface area (Å²) in [5, 5.41) is 8.81. The van der Waals surface area contributed by atoms with E-state index in [1.54, 1.807) is 6.92 Å². The molecule has 5 heteroatoms. The first kappa shape index (κ1) is 8.68. The minimum absolute atomic E-state index is 0.0296. The molecule has 0 aliphatic carbocycles. The highest BCUT2D eigenvalue weighted by atomic mass is 19.1. The van der Waals surface area contributed by atoms with Gasteiger partial charge < -0.3 is 10.1 Å². The number of carboxylic acid groups (broad SMARTS) is 1. The Morgan fingerprint density at radius 3 is 2.93 bits per heavy atom. The van der Waals surface area contributed by atoms with Crippen molar-refractivity contribution in [1.29, 1.82) is 0 Å². The molecule has 0 aliphatic rings. The van der Waals surface area contributed by atoms with E-state index in [0.717, 1.165) is 6.07 Å². The number of halogens is 1. The predicted octanol–water partition coefficient (Wildman–Crippen LogP) is 1.71. The van der Waals surface area contributed by atoms with Crippen LogP contribution in [0.4, 0.5) is 4.39 Å². The topological polar surface area (TPSA) is 66.0 Å². The van der Waals surface area contributed by atoms with Crippen molar-refractivity contribution in [1.82, 2.24) is 9.97 Å². The van der Waals surface area contributed by atoms with Gasteiger partial charge in [-0.15, -0.1) is 0 Å². The van der Waals surface area contributed by atoms with Gasteiger partial charge in [0.25, 0.3) is 0 Å². The van der Waals surface area contributed by atoms with Gasteiger partial charge in [-0.2, -0.15) is 0 Å². The molecule has 0 aliphatic heterocycles. The highest BCUT2D eigenvalue weighted by Crippen LogP contribution is 2.19. The number of H-pyrrole nitrogens is 1. The maximum Gasteiger partial charge on any atom is 0.337 e. The van der Waals surface area contributed by atoms with Crippen LogP contribution in [0, 0.1) is 12.7 Å². The number of nitrogens with one attached hydrogen (secondary N) is 1. The normalized spacial score (nSPS) is 10.7. The standard InChI is InChI=1S/C9H7FN2O2/c1-4-11-7-5(9(13)14)2-3-6(10)8(7)12-4/h2-3H,1H3,(H,11,12)(H,13,14). The van der Waals surface area contributed by atoms with Gasteiger partial charge >= 0.3 is 5.97 Å². The number of carbonyl (C=O) groups is 1. The van der Waals surface area contributed by atoms with Crippen molar-refractivity contribution >= 4 is 17.0 Å². The average Bonchev–Trinajstić information content (AvgIpc) is 2.47. The lowest BCUT2D eigenvalue weighted by Gasteiger charge is -1.96. The van der Waals surface area contributed by atoms with E-state index in [0.29, 0.717) is 5.82 Å². The van der Waals surface area contributed by atoms with Gasteiger partial charge in [0.05, 0.1) is 11.1 Å². The lowest BCUT2D eigenvalue weighted by Crippen LogP contribution is -1.98. The zero-order valence-electron chi connectivity index (χ0n) is 7.34. The van der Waals surface area contributed by atoms with Crippen LogP contribution >= 0.6 is 0 Å². The van der Waals surface area contributed by atoms with Crippen molar-refractivity contribution in [2.45, 2.75) is 6.92 Å². The first-order valence-electron chi connectivity index (χ1n) is 3.97. The van der Waals surface area contributed by atoms with Gasteiger partial charge in [0.1, 0.15) is 11.3 Å². The van der Waals surface area contributed by atoms with Crippen LogP contribution < -0.4 is 0 Å². The second kappa shape index (κ2) is 2.80. The van der Waals surface area contributed by atoms with Gasteiger partial charge in [-0.05, 0) is 19.1 Å². The minimum atomic E-state index is -1.10. The Morgan fingerprint density at radius 2 is 2.29 bits per heavy atom. The van der Waals surface area contributed by atoms with E-state index in [1.165, 1.54) is 6.07 Å². The number of imidazole rings is 1. The van der Waals surface area contributed by atoms with Gasteiger partial charge in [0.15, 0.2) is 5.82 Å². The lowest BCUT2D eigenvalue weighted by atomic mass is 10.2. The molecule has 0 saturated heterocycles. The third-order valence-electron chi connectivity index (χ3n) is 1.94.